The van der Waals surface area contributed by atoms with Crippen molar-refractivity contribution in [2.75, 3.05) is 7.11 Å². The van der Waals surface area contributed by atoms with Crippen LogP contribution in [0, 0.1) is 20.8 Å². The molecule has 0 spiro atoms. The Kier molecular flexibility index (Phi) is 5.20. The number of imidazole rings is 1. The van der Waals surface area contributed by atoms with E-state index in [1.165, 1.54) is 5.56 Å². The summed E-state index contributed by atoms with van der Waals surface area (Å²) in [6.45, 7) is 6.03. The van der Waals surface area contributed by atoms with E-state index in [4.69, 9.17) is 4.74 Å². The first kappa shape index (κ1) is 19.3. The van der Waals surface area contributed by atoms with Gasteiger partial charge >= 0.3 is 0 Å². The average Bonchev–Trinajstić information content (AvgIpc) is 3.26. The minimum Gasteiger partial charge on any atom is -0.496 e. The van der Waals surface area contributed by atoms with Gasteiger partial charge in [-0.2, -0.15) is 5.10 Å². The molecule has 6 heteroatoms. The molecule has 0 saturated carbocycles. The first-order valence-electron chi connectivity index (χ1n) is 9.51. The van der Waals surface area contributed by atoms with Crippen LogP contribution in [0.5, 0.6) is 5.75 Å². The molecule has 0 unspecified atom stereocenters. The third-order valence-electron chi connectivity index (χ3n) is 5.06. The van der Waals surface area contributed by atoms with Gasteiger partial charge in [-0.05, 0) is 49.6 Å². The van der Waals surface area contributed by atoms with E-state index in [0.29, 0.717) is 12.8 Å². The highest BCUT2D eigenvalue weighted by Gasteiger charge is 2.15. The van der Waals surface area contributed by atoms with Gasteiger partial charge in [-0.3, -0.25) is 4.79 Å². The van der Waals surface area contributed by atoms with Crippen molar-refractivity contribution in [3.63, 3.8) is 0 Å². The second-order valence-electron chi connectivity index (χ2n) is 7.32. The van der Waals surface area contributed by atoms with Crippen LogP contribution in [0.3, 0.4) is 0 Å². The number of aromatic nitrogens is 3. The summed E-state index contributed by atoms with van der Waals surface area (Å²) in [5, 5.41) is 5.51. The summed E-state index contributed by atoms with van der Waals surface area (Å²) in [5.74, 6) is 1.78. The smallest absolute Gasteiger partial charge is 0.150 e. The SMILES string of the molecule is COc1cc(CC(=O)Cc2cc(C)ccc2C)ccc1-c1nn2c(C)ncc2s1. The lowest BCUT2D eigenvalue weighted by atomic mass is 9.97. The summed E-state index contributed by atoms with van der Waals surface area (Å²) in [4.78, 5) is 17.9. The summed E-state index contributed by atoms with van der Waals surface area (Å²) in [5.41, 5.74) is 5.30. The number of aryl methyl sites for hydroxylation is 3. The van der Waals surface area contributed by atoms with Gasteiger partial charge in [0.1, 0.15) is 27.2 Å². The number of hydrogen-bond acceptors (Lipinski definition) is 5. The van der Waals surface area contributed by atoms with Crippen LogP contribution in [0.1, 0.15) is 28.1 Å². The summed E-state index contributed by atoms with van der Waals surface area (Å²) in [6.07, 6.45) is 2.65. The number of ether oxygens (including phenoxy) is 1. The maximum absolute atomic E-state index is 12.7. The van der Waals surface area contributed by atoms with E-state index in [1.54, 1.807) is 18.4 Å². The Bertz CT molecular complexity index is 1210. The number of methoxy groups -OCH3 is 1. The fourth-order valence-electron chi connectivity index (χ4n) is 3.44. The van der Waals surface area contributed by atoms with Crippen LogP contribution >= 0.6 is 11.3 Å². The second-order valence-corrected chi connectivity index (χ2v) is 8.33. The van der Waals surface area contributed by atoms with Crippen LogP contribution in [0.25, 0.3) is 15.4 Å². The molecule has 4 aromatic rings. The molecule has 4 rings (SSSR count). The van der Waals surface area contributed by atoms with Gasteiger partial charge < -0.3 is 4.74 Å². The number of nitrogens with zero attached hydrogens (tertiary/aromatic N) is 3. The largest absolute Gasteiger partial charge is 0.496 e. The van der Waals surface area contributed by atoms with Gasteiger partial charge in [-0.15, -0.1) is 0 Å². The van der Waals surface area contributed by atoms with Gasteiger partial charge in [-0.25, -0.2) is 9.50 Å². The lowest BCUT2D eigenvalue weighted by molar-refractivity contribution is -0.117. The topological polar surface area (TPSA) is 56.5 Å². The Morgan fingerprint density at radius 2 is 1.93 bits per heavy atom. The third kappa shape index (κ3) is 3.93. The molecule has 0 aliphatic heterocycles. The lowest BCUT2D eigenvalue weighted by Gasteiger charge is -2.10. The van der Waals surface area contributed by atoms with Crippen LogP contribution in [-0.4, -0.2) is 27.5 Å². The van der Waals surface area contributed by atoms with Crippen molar-refractivity contribution < 1.29 is 9.53 Å². The first-order valence-corrected chi connectivity index (χ1v) is 10.3. The molecule has 0 saturated heterocycles. The average molecular weight is 406 g/mol. The number of ketones is 1. The van der Waals surface area contributed by atoms with Crippen molar-refractivity contribution in [1.29, 1.82) is 0 Å². The van der Waals surface area contributed by atoms with Crippen LogP contribution in [0.4, 0.5) is 0 Å². The number of benzene rings is 2. The lowest BCUT2D eigenvalue weighted by Crippen LogP contribution is -2.08. The summed E-state index contributed by atoms with van der Waals surface area (Å²) in [6, 6.07) is 12.2. The standard InChI is InChI=1S/C23H23N3O2S/c1-14-5-6-15(2)18(9-14)12-19(27)10-17-7-8-20(21(11-17)28-4)23-25-26-16(3)24-13-22(26)29-23/h5-9,11,13H,10,12H2,1-4H3. The van der Waals surface area contributed by atoms with Crippen molar-refractivity contribution in [2.24, 2.45) is 0 Å². The quantitative estimate of drug-likeness (QED) is 0.465. The molecule has 0 aliphatic rings. The molecule has 0 fully saturated rings. The first-order chi connectivity index (χ1) is 13.9. The Balaban J connectivity index is 1.56. The summed E-state index contributed by atoms with van der Waals surface area (Å²) >= 11 is 1.57. The van der Waals surface area contributed by atoms with Crippen LogP contribution in [0.2, 0.25) is 0 Å². The van der Waals surface area contributed by atoms with Gasteiger partial charge in [0.2, 0.25) is 0 Å². The van der Waals surface area contributed by atoms with Crippen LogP contribution < -0.4 is 4.74 Å². The van der Waals surface area contributed by atoms with Crippen molar-refractivity contribution >= 4 is 22.0 Å². The van der Waals surface area contributed by atoms with Gasteiger partial charge in [0.05, 0.1) is 18.9 Å². The zero-order valence-electron chi connectivity index (χ0n) is 17.0. The molecule has 0 aliphatic carbocycles. The molecule has 2 heterocycles. The number of carbonyl (C=O) groups is 1. The van der Waals surface area contributed by atoms with Gasteiger partial charge in [-0.1, -0.05) is 41.2 Å². The number of carbonyl (C=O) groups excluding carboxylic acids is 1. The van der Waals surface area contributed by atoms with Crippen LogP contribution in [0.15, 0.2) is 42.6 Å². The molecule has 5 nitrogen and oxygen atoms in total. The molecular weight excluding hydrogens is 382 g/mol. The van der Waals surface area contributed by atoms with Gasteiger partial charge in [0, 0.05) is 12.8 Å². The molecule has 0 N–H and O–H groups in total. The van der Waals surface area contributed by atoms with E-state index >= 15 is 0 Å². The predicted octanol–water partition coefficient (Wildman–Crippen LogP) is 4.75. The molecule has 2 aromatic heterocycles. The monoisotopic (exact) mass is 405 g/mol. The van der Waals surface area contributed by atoms with E-state index in [1.807, 2.05) is 42.8 Å². The molecule has 0 atom stereocenters. The van der Waals surface area contributed by atoms with Crippen molar-refractivity contribution in [3.8, 4) is 16.3 Å². The second kappa shape index (κ2) is 7.79. The maximum Gasteiger partial charge on any atom is 0.150 e. The van der Waals surface area contributed by atoms with Gasteiger partial charge in [0.25, 0.3) is 0 Å². The molecule has 0 amide bonds. The zero-order chi connectivity index (χ0) is 20.5. The minimum absolute atomic E-state index is 0.193. The molecular formula is C23H23N3O2S. The Morgan fingerprint density at radius 3 is 2.69 bits per heavy atom. The number of fused-ring (bicyclic) bond motifs is 1. The van der Waals surface area contributed by atoms with E-state index in [9.17, 15) is 4.79 Å². The van der Waals surface area contributed by atoms with Gasteiger partial charge in [0.15, 0.2) is 0 Å². The molecule has 29 heavy (non-hydrogen) atoms. The molecule has 0 bridgehead atoms. The van der Waals surface area contributed by atoms with Crippen molar-refractivity contribution in [3.05, 3.63) is 70.7 Å². The highest BCUT2D eigenvalue weighted by molar-refractivity contribution is 7.20. The number of rotatable bonds is 6. The zero-order valence-corrected chi connectivity index (χ0v) is 17.8. The van der Waals surface area contributed by atoms with E-state index < -0.39 is 0 Å². The Morgan fingerprint density at radius 1 is 1.10 bits per heavy atom. The maximum atomic E-state index is 12.7. The Labute approximate surface area is 174 Å². The third-order valence-corrected chi connectivity index (χ3v) is 6.04. The molecule has 2 aromatic carbocycles. The molecule has 148 valence electrons. The highest BCUT2D eigenvalue weighted by Crippen LogP contribution is 2.34. The number of Topliss-reactive ketones (excluding diaryl/α,β-unsaturated/α-hetero) is 1. The summed E-state index contributed by atoms with van der Waals surface area (Å²) in [7, 11) is 1.65. The van der Waals surface area contributed by atoms with Crippen LogP contribution in [-0.2, 0) is 17.6 Å². The highest BCUT2D eigenvalue weighted by atomic mass is 32.1. The molecule has 0 radical (unpaired) electrons. The van der Waals surface area contributed by atoms with E-state index in [-0.39, 0.29) is 5.78 Å². The van der Waals surface area contributed by atoms with E-state index in [0.717, 1.165) is 43.7 Å². The fourth-order valence-corrected chi connectivity index (χ4v) is 4.41. The summed E-state index contributed by atoms with van der Waals surface area (Å²) < 4.78 is 7.44. The predicted molar refractivity (Wildman–Crippen MR) is 116 cm³/mol. The van der Waals surface area contributed by atoms with Crippen molar-refractivity contribution in [2.45, 2.75) is 33.6 Å². The normalized spacial score (nSPS) is 11.2. The fraction of sp³-hybridized carbons (Fsp3) is 0.261. The minimum atomic E-state index is 0.193. The Hall–Kier alpha value is -2.99. The van der Waals surface area contributed by atoms with Crippen molar-refractivity contribution in [1.82, 2.24) is 14.6 Å². The van der Waals surface area contributed by atoms with E-state index in [2.05, 4.69) is 35.2 Å². The number of hydrogen-bond donors (Lipinski definition) is 0.